The van der Waals surface area contributed by atoms with Gasteiger partial charge < -0.3 is 15.1 Å². The van der Waals surface area contributed by atoms with Crippen molar-refractivity contribution in [2.75, 3.05) is 31.1 Å². The van der Waals surface area contributed by atoms with E-state index in [1.165, 1.54) is 11.0 Å². The molecule has 8 heteroatoms. The summed E-state index contributed by atoms with van der Waals surface area (Å²) in [4.78, 5) is 31.5. The van der Waals surface area contributed by atoms with E-state index in [1.54, 1.807) is 60.7 Å². The van der Waals surface area contributed by atoms with E-state index in [4.69, 9.17) is 0 Å². The largest absolute Gasteiger partial charge is 0.352 e. The Morgan fingerprint density at radius 3 is 2.33 bits per heavy atom. The number of amides is 2. The predicted molar refractivity (Wildman–Crippen MR) is 158 cm³/mol. The molecular weight excluding hydrogens is 525 g/mol. The molecule has 40 heavy (non-hydrogen) atoms. The van der Waals surface area contributed by atoms with Crippen LogP contribution in [-0.2, 0) is 17.3 Å². The van der Waals surface area contributed by atoms with E-state index in [0.29, 0.717) is 50.5 Å². The van der Waals surface area contributed by atoms with Crippen LogP contribution in [0.2, 0.25) is 0 Å². The Balaban J connectivity index is 1.57. The molecule has 0 unspecified atom stereocenters. The molecule has 4 rings (SSSR count). The average Bonchev–Trinajstić information content (AvgIpc) is 3.00. The van der Waals surface area contributed by atoms with Gasteiger partial charge in [-0.3, -0.25) is 9.59 Å². The third-order valence-electron chi connectivity index (χ3n) is 6.74. The summed E-state index contributed by atoms with van der Waals surface area (Å²) in [6.07, 6.45) is 0.813. The Kier molecular flexibility index (Phi) is 9.87. The molecule has 3 aromatic rings. The molecule has 0 saturated carbocycles. The number of nitrogens with one attached hydrogen (secondary N) is 1. The van der Waals surface area contributed by atoms with Crippen LogP contribution >= 0.6 is 0 Å². The van der Waals surface area contributed by atoms with Crippen molar-refractivity contribution in [1.82, 2.24) is 10.2 Å². The molecule has 3 aromatic carbocycles. The maximum absolute atomic E-state index is 14.6. The number of rotatable bonds is 11. The molecule has 1 N–H and O–H groups in total. The van der Waals surface area contributed by atoms with Gasteiger partial charge in [-0.15, -0.1) is 0 Å². The van der Waals surface area contributed by atoms with Crippen molar-refractivity contribution in [2.45, 2.75) is 50.5 Å². The normalized spacial score (nSPS) is 14.8. The van der Waals surface area contributed by atoms with E-state index in [-0.39, 0.29) is 18.4 Å². The van der Waals surface area contributed by atoms with Crippen molar-refractivity contribution < 1.29 is 18.2 Å². The zero-order chi connectivity index (χ0) is 28.8. The molecule has 2 amide bonds. The number of benzene rings is 3. The van der Waals surface area contributed by atoms with Crippen LogP contribution in [0, 0.1) is 17.7 Å². The molecule has 0 radical (unpaired) electrons. The summed E-state index contributed by atoms with van der Waals surface area (Å²) < 4.78 is 28.2. The first-order valence-corrected chi connectivity index (χ1v) is 15.0. The highest BCUT2D eigenvalue weighted by Gasteiger charge is 2.32. The minimum absolute atomic E-state index is 0.0589. The summed E-state index contributed by atoms with van der Waals surface area (Å²) >= 11 is 0. The van der Waals surface area contributed by atoms with Crippen LogP contribution in [0.25, 0.3) is 0 Å². The highest BCUT2D eigenvalue weighted by molar-refractivity contribution is 7.85. The SMILES string of the molecule is CC(C)CN(CCCNC(=O)c1ccc2c(c1)N(Cc1ccccc1F)C(=O)c1ccccc1[S@@]2=O)CC(C)C. The lowest BCUT2D eigenvalue weighted by atomic mass is 10.1. The average molecular weight is 564 g/mol. The zero-order valence-corrected chi connectivity index (χ0v) is 24.5. The number of halogens is 1. The highest BCUT2D eigenvalue weighted by atomic mass is 32.2. The third-order valence-corrected chi connectivity index (χ3v) is 8.24. The Morgan fingerprint density at radius 1 is 0.950 bits per heavy atom. The van der Waals surface area contributed by atoms with Crippen LogP contribution in [0.3, 0.4) is 0 Å². The van der Waals surface area contributed by atoms with E-state index in [2.05, 4.69) is 37.9 Å². The number of carbonyl (C=O) groups is 2. The number of anilines is 1. The van der Waals surface area contributed by atoms with Gasteiger partial charge in [0.1, 0.15) is 5.82 Å². The van der Waals surface area contributed by atoms with Crippen molar-refractivity contribution in [3.8, 4) is 0 Å². The lowest BCUT2D eigenvalue weighted by Crippen LogP contribution is -2.34. The number of fused-ring (bicyclic) bond motifs is 2. The maximum Gasteiger partial charge on any atom is 0.259 e. The van der Waals surface area contributed by atoms with Crippen molar-refractivity contribution in [3.05, 3.63) is 89.2 Å². The van der Waals surface area contributed by atoms with E-state index in [9.17, 15) is 18.2 Å². The molecule has 1 atom stereocenters. The first-order valence-electron chi connectivity index (χ1n) is 13.9. The Hall–Kier alpha value is -3.36. The van der Waals surface area contributed by atoms with Gasteiger partial charge in [-0.05, 0) is 61.2 Å². The Bertz CT molecular complexity index is 1380. The molecular formula is C32H38FN3O3S. The summed E-state index contributed by atoms with van der Waals surface area (Å²) in [5.41, 5.74) is 1.32. The Morgan fingerprint density at radius 2 is 1.62 bits per heavy atom. The molecule has 212 valence electrons. The van der Waals surface area contributed by atoms with Crippen molar-refractivity contribution >= 4 is 28.3 Å². The quantitative estimate of drug-likeness (QED) is 0.296. The predicted octanol–water partition coefficient (Wildman–Crippen LogP) is 5.89. The van der Waals surface area contributed by atoms with Gasteiger partial charge in [-0.2, -0.15) is 0 Å². The second kappa shape index (κ2) is 13.3. The lowest BCUT2D eigenvalue weighted by Gasteiger charge is -2.26. The van der Waals surface area contributed by atoms with Crippen LogP contribution in [0.1, 0.15) is 60.4 Å². The minimum atomic E-state index is -1.65. The third kappa shape index (κ3) is 7.04. The summed E-state index contributed by atoms with van der Waals surface area (Å²) in [6.45, 7) is 12.2. The Labute approximate surface area is 239 Å². The first-order chi connectivity index (χ1) is 19.2. The second-order valence-electron chi connectivity index (χ2n) is 11.1. The molecule has 0 aliphatic carbocycles. The fraction of sp³-hybridized carbons (Fsp3) is 0.375. The lowest BCUT2D eigenvalue weighted by molar-refractivity contribution is 0.0947. The number of hydrogen-bond donors (Lipinski definition) is 1. The van der Waals surface area contributed by atoms with Crippen LogP contribution in [-0.4, -0.2) is 47.1 Å². The van der Waals surface area contributed by atoms with E-state index >= 15 is 0 Å². The summed E-state index contributed by atoms with van der Waals surface area (Å²) in [6, 6.07) is 17.9. The number of hydrogen-bond acceptors (Lipinski definition) is 4. The zero-order valence-electron chi connectivity index (χ0n) is 23.7. The van der Waals surface area contributed by atoms with Gasteiger partial charge in [0.2, 0.25) is 0 Å². The van der Waals surface area contributed by atoms with Crippen LogP contribution < -0.4 is 10.2 Å². The standard InChI is InChI=1S/C32H38FN3O3S/c1-22(2)19-35(20-23(3)4)17-9-16-34-31(37)24-14-15-30-28(18-24)36(21-25-10-5-7-12-27(25)33)32(38)26-11-6-8-13-29(26)40(30)39/h5-8,10-15,18,22-23H,9,16-17,19-21H2,1-4H3,(H,34,37)/t40-/m0/s1. The summed E-state index contributed by atoms with van der Waals surface area (Å²) in [7, 11) is -1.65. The molecule has 1 heterocycles. The van der Waals surface area contributed by atoms with Gasteiger partial charge >= 0.3 is 0 Å². The molecule has 0 saturated heterocycles. The van der Waals surface area contributed by atoms with Gasteiger partial charge in [0, 0.05) is 30.8 Å². The van der Waals surface area contributed by atoms with E-state index < -0.39 is 16.6 Å². The van der Waals surface area contributed by atoms with E-state index in [1.807, 2.05) is 0 Å². The molecule has 0 aromatic heterocycles. The maximum atomic E-state index is 14.6. The fourth-order valence-electron chi connectivity index (χ4n) is 5.06. The molecule has 6 nitrogen and oxygen atoms in total. The molecule has 1 aliphatic heterocycles. The summed E-state index contributed by atoms with van der Waals surface area (Å²) in [5.74, 6) is 0.0411. The second-order valence-corrected chi connectivity index (χ2v) is 12.5. The van der Waals surface area contributed by atoms with Crippen LogP contribution in [0.4, 0.5) is 10.1 Å². The van der Waals surface area contributed by atoms with Gasteiger partial charge in [0.25, 0.3) is 11.8 Å². The fourth-order valence-corrected chi connectivity index (χ4v) is 6.40. The molecule has 0 spiro atoms. The van der Waals surface area contributed by atoms with Crippen LogP contribution in [0.5, 0.6) is 0 Å². The highest BCUT2D eigenvalue weighted by Crippen LogP contribution is 2.36. The summed E-state index contributed by atoms with van der Waals surface area (Å²) in [5, 5.41) is 2.99. The van der Waals surface area contributed by atoms with Crippen molar-refractivity contribution in [2.24, 2.45) is 11.8 Å². The van der Waals surface area contributed by atoms with Crippen molar-refractivity contribution in [3.63, 3.8) is 0 Å². The number of carbonyl (C=O) groups excluding carboxylic acids is 2. The van der Waals surface area contributed by atoms with Crippen molar-refractivity contribution in [1.29, 1.82) is 0 Å². The smallest absolute Gasteiger partial charge is 0.259 e. The number of nitrogens with zero attached hydrogens (tertiary/aromatic N) is 2. The van der Waals surface area contributed by atoms with E-state index in [0.717, 1.165) is 26.1 Å². The topological polar surface area (TPSA) is 69.7 Å². The van der Waals surface area contributed by atoms with Gasteiger partial charge in [0.05, 0.1) is 38.4 Å². The van der Waals surface area contributed by atoms with Gasteiger partial charge in [0.15, 0.2) is 0 Å². The van der Waals surface area contributed by atoms with Gasteiger partial charge in [-0.1, -0.05) is 58.0 Å². The first kappa shape index (κ1) is 29.6. The monoisotopic (exact) mass is 563 g/mol. The van der Waals surface area contributed by atoms with Crippen LogP contribution in [0.15, 0.2) is 76.5 Å². The molecule has 0 bridgehead atoms. The minimum Gasteiger partial charge on any atom is -0.352 e. The molecule has 1 aliphatic rings. The van der Waals surface area contributed by atoms with Gasteiger partial charge in [-0.25, -0.2) is 8.60 Å². The molecule has 0 fully saturated rings.